The number of amides is 2. The first-order chi connectivity index (χ1) is 11.7. The van der Waals surface area contributed by atoms with Gasteiger partial charge in [-0.3, -0.25) is 9.59 Å². The molecule has 6 nitrogen and oxygen atoms in total. The summed E-state index contributed by atoms with van der Waals surface area (Å²) in [5.74, 6) is 1.42. The summed E-state index contributed by atoms with van der Waals surface area (Å²) in [4.78, 5) is 26.5. The summed E-state index contributed by atoms with van der Waals surface area (Å²) in [7, 11) is 0. The third-order valence-corrected chi connectivity index (χ3v) is 4.60. The smallest absolute Gasteiger partial charge is 0.253 e. The van der Waals surface area contributed by atoms with Crippen molar-refractivity contribution in [2.75, 3.05) is 26.4 Å². The molecule has 0 bridgehead atoms. The molecule has 24 heavy (non-hydrogen) atoms. The minimum Gasteiger partial charge on any atom is -0.454 e. The van der Waals surface area contributed by atoms with Crippen LogP contribution in [-0.4, -0.2) is 43.1 Å². The van der Waals surface area contributed by atoms with Crippen molar-refractivity contribution in [2.45, 2.75) is 32.6 Å². The van der Waals surface area contributed by atoms with E-state index in [2.05, 4.69) is 12.2 Å². The number of ether oxygens (including phenoxy) is 2. The number of unbranched alkanes of at least 4 members (excludes halogenated alkanes) is 1. The molecule has 3 rings (SSSR count). The molecule has 0 aliphatic carbocycles. The van der Waals surface area contributed by atoms with E-state index in [1.807, 2.05) is 4.90 Å². The quantitative estimate of drug-likeness (QED) is 0.839. The zero-order chi connectivity index (χ0) is 16.9. The summed E-state index contributed by atoms with van der Waals surface area (Å²) in [5, 5.41) is 2.98. The third kappa shape index (κ3) is 3.63. The molecule has 0 unspecified atom stereocenters. The van der Waals surface area contributed by atoms with Crippen molar-refractivity contribution in [1.29, 1.82) is 0 Å². The Balaban J connectivity index is 1.53. The van der Waals surface area contributed by atoms with E-state index in [4.69, 9.17) is 9.47 Å². The Morgan fingerprint density at radius 3 is 2.71 bits per heavy atom. The normalized spacial score (nSPS) is 17.0. The average Bonchev–Trinajstić information content (AvgIpc) is 3.09. The number of hydrogen-bond donors (Lipinski definition) is 1. The van der Waals surface area contributed by atoms with Crippen LogP contribution < -0.4 is 14.8 Å². The van der Waals surface area contributed by atoms with Crippen LogP contribution in [0, 0.1) is 5.92 Å². The molecule has 1 aromatic carbocycles. The van der Waals surface area contributed by atoms with Crippen molar-refractivity contribution in [3.63, 3.8) is 0 Å². The fourth-order valence-corrected chi connectivity index (χ4v) is 3.09. The van der Waals surface area contributed by atoms with Crippen molar-refractivity contribution in [2.24, 2.45) is 5.92 Å². The van der Waals surface area contributed by atoms with Crippen LogP contribution in [0.4, 0.5) is 0 Å². The van der Waals surface area contributed by atoms with E-state index in [1.54, 1.807) is 18.2 Å². The molecule has 2 aliphatic heterocycles. The van der Waals surface area contributed by atoms with Crippen LogP contribution in [0.25, 0.3) is 0 Å². The standard InChI is InChI=1S/C18H24N2O4/c1-2-3-8-19-17(21)13-6-9-20(10-7-13)18(22)14-4-5-15-16(11-14)24-12-23-15/h4-5,11,13H,2-3,6-10,12H2,1H3,(H,19,21). The van der Waals surface area contributed by atoms with Gasteiger partial charge < -0.3 is 19.7 Å². The summed E-state index contributed by atoms with van der Waals surface area (Å²) in [6.07, 6.45) is 3.51. The van der Waals surface area contributed by atoms with E-state index in [0.29, 0.717) is 43.0 Å². The molecule has 0 radical (unpaired) electrons. The Kier molecular flexibility index (Phi) is 5.23. The van der Waals surface area contributed by atoms with Gasteiger partial charge in [-0.15, -0.1) is 0 Å². The van der Waals surface area contributed by atoms with E-state index in [0.717, 1.165) is 19.4 Å². The van der Waals surface area contributed by atoms with Crippen LogP contribution in [-0.2, 0) is 4.79 Å². The van der Waals surface area contributed by atoms with Crippen LogP contribution in [0.5, 0.6) is 11.5 Å². The molecule has 0 spiro atoms. The molecule has 0 aromatic heterocycles. The molecule has 1 N–H and O–H groups in total. The van der Waals surface area contributed by atoms with E-state index >= 15 is 0 Å². The Hall–Kier alpha value is -2.24. The summed E-state index contributed by atoms with van der Waals surface area (Å²) in [6.45, 7) is 4.27. The number of likely N-dealkylation sites (tertiary alicyclic amines) is 1. The molecule has 6 heteroatoms. The highest BCUT2D eigenvalue weighted by Gasteiger charge is 2.28. The second-order valence-electron chi connectivity index (χ2n) is 6.28. The van der Waals surface area contributed by atoms with Gasteiger partial charge in [0.1, 0.15) is 0 Å². The molecule has 2 aliphatic rings. The number of carbonyl (C=O) groups is 2. The lowest BCUT2D eigenvalue weighted by Crippen LogP contribution is -2.43. The Bertz CT molecular complexity index is 609. The number of carbonyl (C=O) groups excluding carboxylic acids is 2. The summed E-state index contributed by atoms with van der Waals surface area (Å²) < 4.78 is 10.6. The summed E-state index contributed by atoms with van der Waals surface area (Å²) in [5.41, 5.74) is 0.602. The van der Waals surface area contributed by atoms with E-state index in [-0.39, 0.29) is 24.5 Å². The number of fused-ring (bicyclic) bond motifs is 1. The number of benzene rings is 1. The molecule has 1 fully saturated rings. The van der Waals surface area contributed by atoms with Crippen molar-refractivity contribution in [3.8, 4) is 11.5 Å². The first kappa shape index (κ1) is 16.6. The molecule has 0 atom stereocenters. The molecule has 0 saturated carbocycles. The van der Waals surface area contributed by atoms with Crippen LogP contribution >= 0.6 is 0 Å². The third-order valence-electron chi connectivity index (χ3n) is 4.60. The fraction of sp³-hybridized carbons (Fsp3) is 0.556. The van der Waals surface area contributed by atoms with Crippen LogP contribution in [0.3, 0.4) is 0 Å². The number of nitrogens with one attached hydrogen (secondary N) is 1. The van der Waals surface area contributed by atoms with E-state index in [9.17, 15) is 9.59 Å². The average molecular weight is 332 g/mol. The molecule has 130 valence electrons. The van der Waals surface area contributed by atoms with Gasteiger partial charge in [0, 0.05) is 31.1 Å². The highest BCUT2D eigenvalue weighted by atomic mass is 16.7. The molecule has 1 saturated heterocycles. The number of piperidine rings is 1. The zero-order valence-electron chi connectivity index (χ0n) is 14.0. The lowest BCUT2D eigenvalue weighted by Gasteiger charge is -2.31. The van der Waals surface area contributed by atoms with Gasteiger partial charge in [-0.2, -0.15) is 0 Å². The molecular weight excluding hydrogens is 308 g/mol. The Morgan fingerprint density at radius 2 is 1.96 bits per heavy atom. The zero-order valence-corrected chi connectivity index (χ0v) is 14.0. The van der Waals surface area contributed by atoms with Gasteiger partial charge in [-0.05, 0) is 37.5 Å². The minimum absolute atomic E-state index is 0.0156. The van der Waals surface area contributed by atoms with Gasteiger partial charge in [0.15, 0.2) is 11.5 Å². The number of nitrogens with zero attached hydrogens (tertiary/aromatic N) is 1. The molecular formula is C18H24N2O4. The van der Waals surface area contributed by atoms with Crippen molar-refractivity contribution >= 4 is 11.8 Å². The van der Waals surface area contributed by atoms with Crippen molar-refractivity contribution in [1.82, 2.24) is 10.2 Å². The predicted molar refractivity (Wildman–Crippen MR) is 89.1 cm³/mol. The fourth-order valence-electron chi connectivity index (χ4n) is 3.09. The summed E-state index contributed by atoms with van der Waals surface area (Å²) >= 11 is 0. The van der Waals surface area contributed by atoms with Crippen LogP contribution in [0.1, 0.15) is 43.0 Å². The predicted octanol–water partition coefficient (Wildman–Crippen LogP) is 2.18. The van der Waals surface area contributed by atoms with Gasteiger partial charge in [0.05, 0.1) is 0 Å². The maximum atomic E-state index is 12.6. The van der Waals surface area contributed by atoms with Crippen LogP contribution in [0.15, 0.2) is 18.2 Å². The highest BCUT2D eigenvalue weighted by Crippen LogP contribution is 2.33. The molecule has 2 amide bonds. The molecule has 1 aromatic rings. The van der Waals surface area contributed by atoms with Crippen molar-refractivity contribution in [3.05, 3.63) is 23.8 Å². The Morgan fingerprint density at radius 1 is 1.21 bits per heavy atom. The van der Waals surface area contributed by atoms with Crippen LogP contribution in [0.2, 0.25) is 0 Å². The number of rotatable bonds is 5. The second kappa shape index (κ2) is 7.55. The van der Waals surface area contributed by atoms with Gasteiger partial charge in [-0.25, -0.2) is 0 Å². The second-order valence-corrected chi connectivity index (χ2v) is 6.28. The number of hydrogen-bond acceptors (Lipinski definition) is 4. The minimum atomic E-state index is -0.0156. The first-order valence-electron chi connectivity index (χ1n) is 8.65. The van der Waals surface area contributed by atoms with Gasteiger partial charge in [-0.1, -0.05) is 13.3 Å². The van der Waals surface area contributed by atoms with Gasteiger partial charge in [0.2, 0.25) is 12.7 Å². The lowest BCUT2D eigenvalue weighted by atomic mass is 9.95. The maximum Gasteiger partial charge on any atom is 0.253 e. The van der Waals surface area contributed by atoms with Gasteiger partial charge in [0.25, 0.3) is 5.91 Å². The SMILES string of the molecule is CCCCNC(=O)C1CCN(C(=O)c2ccc3c(c2)OCO3)CC1. The first-order valence-corrected chi connectivity index (χ1v) is 8.65. The summed E-state index contributed by atoms with van der Waals surface area (Å²) in [6, 6.07) is 5.26. The highest BCUT2D eigenvalue weighted by molar-refractivity contribution is 5.95. The largest absolute Gasteiger partial charge is 0.454 e. The molecule has 2 heterocycles. The van der Waals surface area contributed by atoms with E-state index < -0.39 is 0 Å². The maximum absolute atomic E-state index is 12.6. The van der Waals surface area contributed by atoms with E-state index in [1.165, 1.54) is 0 Å². The van der Waals surface area contributed by atoms with Gasteiger partial charge >= 0.3 is 0 Å². The Labute approximate surface area is 142 Å². The lowest BCUT2D eigenvalue weighted by molar-refractivity contribution is -0.126. The van der Waals surface area contributed by atoms with Crippen molar-refractivity contribution < 1.29 is 19.1 Å². The topological polar surface area (TPSA) is 67.9 Å². The monoisotopic (exact) mass is 332 g/mol.